The normalized spacial score (nSPS) is 37.9. The van der Waals surface area contributed by atoms with Crippen LogP contribution in [0.15, 0.2) is 0 Å². The number of hydrogen-bond donors (Lipinski definition) is 2. The number of carboxylic acid groups (broad SMARTS) is 1. The molecule has 1 unspecified atom stereocenters. The first-order valence-electron chi connectivity index (χ1n) is 4.88. The Balaban J connectivity index is 1.93. The minimum atomic E-state index is -0.765. The number of amides is 1. The topological polar surface area (TPSA) is 66.6 Å². The molecule has 74 valence electrons. The third-order valence-electron chi connectivity index (χ3n) is 3.45. The summed E-state index contributed by atoms with van der Waals surface area (Å²) in [6, 6.07) is 0. The van der Waals surface area contributed by atoms with Gasteiger partial charge < -0.3 is 15.7 Å². The van der Waals surface area contributed by atoms with Crippen LogP contribution in [0.2, 0.25) is 0 Å². The van der Waals surface area contributed by atoms with Crippen LogP contribution in [-0.4, -0.2) is 35.7 Å². The summed E-state index contributed by atoms with van der Waals surface area (Å²) in [7, 11) is 0. The lowest BCUT2D eigenvalue weighted by Gasteiger charge is -2.14. The van der Waals surface area contributed by atoms with E-state index in [2.05, 4.69) is 0 Å². The largest absolute Gasteiger partial charge is 0.465 e. The maximum Gasteiger partial charge on any atom is 0.407 e. The van der Waals surface area contributed by atoms with Crippen molar-refractivity contribution in [3.63, 3.8) is 0 Å². The minimum Gasteiger partial charge on any atom is -0.465 e. The molecular formula is C9H16N2O2. The molecule has 2 aliphatic rings. The van der Waals surface area contributed by atoms with Crippen molar-refractivity contribution in [3.05, 3.63) is 0 Å². The van der Waals surface area contributed by atoms with E-state index in [4.69, 9.17) is 10.8 Å². The maximum absolute atomic E-state index is 10.7. The summed E-state index contributed by atoms with van der Waals surface area (Å²) in [5.41, 5.74) is 5.60. The van der Waals surface area contributed by atoms with Crippen LogP contribution < -0.4 is 5.73 Å². The van der Waals surface area contributed by atoms with Crippen LogP contribution in [0.3, 0.4) is 0 Å². The Hall–Kier alpha value is -0.770. The van der Waals surface area contributed by atoms with Gasteiger partial charge in [-0.25, -0.2) is 4.79 Å². The van der Waals surface area contributed by atoms with E-state index < -0.39 is 6.09 Å². The Kier molecular flexibility index (Phi) is 2.15. The van der Waals surface area contributed by atoms with Crippen molar-refractivity contribution in [1.29, 1.82) is 0 Å². The second kappa shape index (κ2) is 3.18. The molecular weight excluding hydrogens is 168 g/mol. The third-order valence-corrected chi connectivity index (χ3v) is 3.45. The lowest BCUT2D eigenvalue weighted by molar-refractivity contribution is 0.151. The number of fused-ring (bicyclic) bond motifs is 1. The fourth-order valence-electron chi connectivity index (χ4n) is 2.77. The summed E-state index contributed by atoms with van der Waals surface area (Å²) in [6.45, 7) is 2.23. The molecule has 4 heteroatoms. The number of carbonyl (C=O) groups is 1. The molecule has 13 heavy (non-hydrogen) atoms. The average molecular weight is 184 g/mol. The zero-order valence-electron chi connectivity index (χ0n) is 7.65. The van der Waals surface area contributed by atoms with Crippen LogP contribution in [0.4, 0.5) is 4.79 Å². The first kappa shape index (κ1) is 8.81. The number of nitrogens with two attached hydrogens (primary N) is 1. The summed E-state index contributed by atoms with van der Waals surface area (Å²) in [5.74, 6) is 1.82. The molecule has 0 aromatic carbocycles. The number of likely N-dealkylation sites (tertiary alicyclic amines) is 1. The summed E-state index contributed by atoms with van der Waals surface area (Å²) < 4.78 is 0. The Morgan fingerprint density at radius 1 is 1.38 bits per heavy atom. The lowest BCUT2D eigenvalue weighted by Crippen LogP contribution is -2.28. The van der Waals surface area contributed by atoms with E-state index in [1.54, 1.807) is 4.90 Å². The van der Waals surface area contributed by atoms with Gasteiger partial charge >= 0.3 is 6.09 Å². The zero-order valence-corrected chi connectivity index (χ0v) is 7.65. The Morgan fingerprint density at radius 2 is 1.92 bits per heavy atom. The van der Waals surface area contributed by atoms with Crippen LogP contribution in [0.25, 0.3) is 0 Å². The number of nitrogens with zero attached hydrogens (tertiary/aromatic N) is 1. The molecule has 0 radical (unpaired) electrons. The Labute approximate surface area is 77.7 Å². The Morgan fingerprint density at radius 3 is 2.31 bits per heavy atom. The molecule has 0 aromatic heterocycles. The van der Waals surface area contributed by atoms with Crippen LogP contribution in [0, 0.1) is 17.8 Å². The molecule has 1 saturated heterocycles. The van der Waals surface area contributed by atoms with Crippen molar-refractivity contribution in [2.24, 2.45) is 23.5 Å². The molecule has 4 nitrogen and oxygen atoms in total. The zero-order chi connectivity index (χ0) is 9.42. The molecule has 0 spiro atoms. The van der Waals surface area contributed by atoms with Gasteiger partial charge in [-0.1, -0.05) is 0 Å². The van der Waals surface area contributed by atoms with Crippen molar-refractivity contribution >= 4 is 6.09 Å². The molecule has 0 aromatic rings. The van der Waals surface area contributed by atoms with Crippen LogP contribution in [-0.2, 0) is 0 Å². The molecule has 3 atom stereocenters. The highest BCUT2D eigenvalue weighted by Crippen LogP contribution is 2.40. The minimum absolute atomic E-state index is 0.588. The van der Waals surface area contributed by atoms with Gasteiger partial charge in [0.2, 0.25) is 0 Å². The quantitative estimate of drug-likeness (QED) is 0.626. The smallest absolute Gasteiger partial charge is 0.407 e. The van der Waals surface area contributed by atoms with Gasteiger partial charge in [-0.15, -0.1) is 0 Å². The van der Waals surface area contributed by atoms with Crippen LogP contribution in [0.1, 0.15) is 12.8 Å². The Bertz CT molecular complexity index is 206. The summed E-state index contributed by atoms with van der Waals surface area (Å²) >= 11 is 0. The molecule has 1 saturated carbocycles. The van der Waals surface area contributed by atoms with E-state index in [0.29, 0.717) is 17.8 Å². The first-order chi connectivity index (χ1) is 6.20. The summed E-state index contributed by atoms with van der Waals surface area (Å²) in [4.78, 5) is 12.2. The molecule has 2 fully saturated rings. The molecule has 2 rings (SSSR count). The molecule has 3 N–H and O–H groups in total. The van der Waals surface area contributed by atoms with E-state index in [1.165, 1.54) is 0 Å². The molecule has 1 heterocycles. The van der Waals surface area contributed by atoms with E-state index in [1.807, 2.05) is 0 Å². The van der Waals surface area contributed by atoms with Gasteiger partial charge in [0.25, 0.3) is 0 Å². The lowest BCUT2D eigenvalue weighted by atomic mass is 10.0. The third kappa shape index (κ3) is 1.50. The summed E-state index contributed by atoms with van der Waals surface area (Å²) in [5, 5.41) is 8.79. The molecule has 1 aliphatic heterocycles. The van der Waals surface area contributed by atoms with Gasteiger partial charge in [-0.3, -0.25) is 0 Å². The van der Waals surface area contributed by atoms with Crippen molar-refractivity contribution < 1.29 is 9.90 Å². The van der Waals surface area contributed by atoms with Crippen molar-refractivity contribution in [2.45, 2.75) is 12.8 Å². The van der Waals surface area contributed by atoms with Crippen LogP contribution >= 0.6 is 0 Å². The fraction of sp³-hybridized carbons (Fsp3) is 0.889. The van der Waals surface area contributed by atoms with Crippen molar-refractivity contribution in [3.8, 4) is 0 Å². The highest BCUT2D eigenvalue weighted by atomic mass is 16.4. The van der Waals surface area contributed by atoms with E-state index in [-0.39, 0.29) is 0 Å². The van der Waals surface area contributed by atoms with Gasteiger partial charge in [-0.05, 0) is 37.1 Å². The van der Waals surface area contributed by atoms with E-state index in [9.17, 15) is 4.79 Å². The maximum atomic E-state index is 10.7. The fourth-order valence-corrected chi connectivity index (χ4v) is 2.77. The average Bonchev–Trinajstić information content (AvgIpc) is 2.58. The second-order valence-corrected chi connectivity index (χ2v) is 4.28. The standard InChI is InChI=1S/C9H16N2O2/c10-3-6-1-7-4-11(9(12)13)5-8(7)2-6/h6-8H,1-5,10H2,(H,12,13)/t6-,7+,8?/m0/s1. The SMILES string of the molecule is NC[C@@H]1CC2CN(C(=O)O)C[C@H]2C1. The van der Waals surface area contributed by atoms with Crippen molar-refractivity contribution in [2.75, 3.05) is 19.6 Å². The van der Waals surface area contributed by atoms with Crippen LogP contribution in [0.5, 0.6) is 0 Å². The number of hydrogen-bond acceptors (Lipinski definition) is 2. The van der Waals surface area contributed by atoms with Crippen molar-refractivity contribution in [1.82, 2.24) is 4.90 Å². The van der Waals surface area contributed by atoms with E-state index in [0.717, 1.165) is 32.5 Å². The molecule has 1 amide bonds. The number of rotatable bonds is 1. The summed E-state index contributed by atoms with van der Waals surface area (Å²) in [6.07, 6.45) is 1.49. The molecule has 0 bridgehead atoms. The molecule has 1 aliphatic carbocycles. The van der Waals surface area contributed by atoms with Gasteiger partial charge in [0.05, 0.1) is 0 Å². The van der Waals surface area contributed by atoms with Gasteiger partial charge in [-0.2, -0.15) is 0 Å². The second-order valence-electron chi connectivity index (χ2n) is 4.28. The van der Waals surface area contributed by atoms with E-state index >= 15 is 0 Å². The highest BCUT2D eigenvalue weighted by Gasteiger charge is 2.41. The first-order valence-corrected chi connectivity index (χ1v) is 4.88. The van der Waals surface area contributed by atoms with Gasteiger partial charge in [0.15, 0.2) is 0 Å². The predicted molar refractivity (Wildman–Crippen MR) is 48.4 cm³/mol. The monoisotopic (exact) mass is 184 g/mol. The van der Waals surface area contributed by atoms with Gasteiger partial charge in [0, 0.05) is 13.1 Å². The predicted octanol–water partition coefficient (Wildman–Crippen LogP) is 0.581. The highest BCUT2D eigenvalue weighted by molar-refractivity contribution is 5.65. The van der Waals surface area contributed by atoms with Gasteiger partial charge in [0.1, 0.15) is 0 Å².